The minimum Gasteiger partial charge on any atom is -0.497 e. The van der Waals surface area contributed by atoms with Crippen LogP contribution < -0.4 is 15.8 Å². The Bertz CT molecular complexity index is 967. The molecule has 0 saturated carbocycles. The second kappa shape index (κ2) is 8.81. The minimum atomic E-state index is -0.482. The van der Waals surface area contributed by atoms with Gasteiger partial charge in [-0.3, -0.25) is 9.59 Å². The van der Waals surface area contributed by atoms with Crippen molar-refractivity contribution in [2.75, 3.05) is 13.7 Å². The Morgan fingerprint density at radius 2 is 1.71 bits per heavy atom. The molecule has 0 unspecified atom stereocenters. The van der Waals surface area contributed by atoms with Gasteiger partial charge < -0.3 is 15.8 Å². The standard InChI is InChI=1S/C22H21N3O3/c1-28-18-11-5-15(6-12-18)13-14-24-22(27)20-4-2-3-19(25-20)16-7-9-17(10-8-16)21(23)26/h2-12H,13-14H2,1H3,(H2,23,26)(H,24,27). The van der Waals surface area contributed by atoms with E-state index in [2.05, 4.69) is 10.3 Å². The quantitative estimate of drug-likeness (QED) is 0.664. The predicted octanol–water partition coefficient (Wildman–Crippen LogP) is 2.83. The summed E-state index contributed by atoms with van der Waals surface area (Å²) in [6.07, 6.45) is 0.712. The van der Waals surface area contributed by atoms with Crippen LogP contribution in [0.2, 0.25) is 0 Å². The average Bonchev–Trinajstić information content (AvgIpc) is 2.74. The molecule has 0 fully saturated rings. The third-order valence-electron chi connectivity index (χ3n) is 4.31. The van der Waals surface area contributed by atoms with E-state index in [1.807, 2.05) is 30.3 Å². The maximum absolute atomic E-state index is 12.4. The van der Waals surface area contributed by atoms with Gasteiger partial charge in [0.25, 0.3) is 5.91 Å². The summed E-state index contributed by atoms with van der Waals surface area (Å²) in [6.45, 7) is 0.504. The highest BCUT2D eigenvalue weighted by molar-refractivity contribution is 5.94. The topological polar surface area (TPSA) is 94.3 Å². The summed E-state index contributed by atoms with van der Waals surface area (Å²) in [7, 11) is 1.63. The van der Waals surface area contributed by atoms with Crippen LogP contribution in [0.25, 0.3) is 11.3 Å². The zero-order chi connectivity index (χ0) is 19.9. The third kappa shape index (κ3) is 4.73. The third-order valence-corrected chi connectivity index (χ3v) is 4.31. The van der Waals surface area contributed by atoms with Crippen molar-refractivity contribution in [2.45, 2.75) is 6.42 Å². The molecular weight excluding hydrogens is 354 g/mol. The molecule has 6 heteroatoms. The van der Waals surface area contributed by atoms with E-state index in [4.69, 9.17) is 10.5 Å². The lowest BCUT2D eigenvalue weighted by molar-refractivity contribution is 0.0948. The van der Waals surface area contributed by atoms with Crippen LogP contribution in [-0.4, -0.2) is 30.5 Å². The summed E-state index contributed by atoms with van der Waals surface area (Å²) in [5.41, 5.74) is 8.59. The van der Waals surface area contributed by atoms with Crippen LogP contribution in [0.15, 0.2) is 66.7 Å². The molecule has 2 aromatic carbocycles. The highest BCUT2D eigenvalue weighted by atomic mass is 16.5. The number of nitrogens with one attached hydrogen (secondary N) is 1. The van der Waals surface area contributed by atoms with Crippen molar-refractivity contribution in [1.29, 1.82) is 0 Å². The smallest absolute Gasteiger partial charge is 0.269 e. The monoisotopic (exact) mass is 375 g/mol. The zero-order valence-corrected chi connectivity index (χ0v) is 15.5. The summed E-state index contributed by atoms with van der Waals surface area (Å²) in [4.78, 5) is 28.0. The number of carbonyl (C=O) groups excluding carboxylic acids is 2. The minimum absolute atomic E-state index is 0.232. The van der Waals surface area contributed by atoms with E-state index in [1.54, 1.807) is 43.5 Å². The molecule has 0 saturated heterocycles. The van der Waals surface area contributed by atoms with Crippen LogP contribution in [0.4, 0.5) is 0 Å². The molecule has 0 radical (unpaired) electrons. The van der Waals surface area contributed by atoms with Crippen molar-refractivity contribution < 1.29 is 14.3 Å². The molecule has 0 aliphatic rings. The molecule has 6 nitrogen and oxygen atoms in total. The van der Waals surface area contributed by atoms with Crippen molar-refractivity contribution in [3.8, 4) is 17.0 Å². The van der Waals surface area contributed by atoms with E-state index in [0.29, 0.717) is 29.9 Å². The van der Waals surface area contributed by atoms with Gasteiger partial charge in [0, 0.05) is 17.7 Å². The first-order valence-corrected chi connectivity index (χ1v) is 8.85. The predicted molar refractivity (Wildman–Crippen MR) is 107 cm³/mol. The largest absolute Gasteiger partial charge is 0.497 e. The van der Waals surface area contributed by atoms with Crippen molar-refractivity contribution in [3.63, 3.8) is 0 Å². The molecule has 28 heavy (non-hydrogen) atoms. The second-order valence-electron chi connectivity index (χ2n) is 6.20. The van der Waals surface area contributed by atoms with Crippen LogP contribution in [0.3, 0.4) is 0 Å². The van der Waals surface area contributed by atoms with E-state index in [0.717, 1.165) is 16.9 Å². The molecule has 3 aromatic rings. The van der Waals surface area contributed by atoms with Crippen LogP contribution >= 0.6 is 0 Å². The molecule has 3 N–H and O–H groups in total. The molecule has 0 aliphatic heterocycles. The molecule has 0 atom stereocenters. The van der Waals surface area contributed by atoms with Crippen LogP contribution in [0.1, 0.15) is 26.4 Å². The summed E-state index contributed by atoms with van der Waals surface area (Å²) in [6, 6.07) is 19.8. The number of hydrogen-bond donors (Lipinski definition) is 2. The summed E-state index contributed by atoms with van der Waals surface area (Å²) in [5, 5.41) is 2.88. The fourth-order valence-corrected chi connectivity index (χ4v) is 2.73. The summed E-state index contributed by atoms with van der Waals surface area (Å²) in [5.74, 6) is 0.0891. The highest BCUT2D eigenvalue weighted by Crippen LogP contribution is 2.18. The van der Waals surface area contributed by atoms with Gasteiger partial charge >= 0.3 is 0 Å². The molecule has 2 amide bonds. The Morgan fingerprint density at radius 3 is 2.36 bits per heavy atom. The number of carbonyl (C=O) groups is 2. The maximum Gasteiger partial charge on any atom is 0.269 e. The van der Waals surface area contributed by atoms with Gasteiger partial charge in [0.15, 0.2) is 0 Å². The summed E-state index contributed by atoms with van der Waals surface area (Å²) >= 11 is 0. The Labute approximate surface area is 163 Å². The lowest BCUT2D eigenvalue weighted by atomic mass is 10.1. The van der Waals surface area contributed by atoms with Crippen molar-refractivity contribution >= 4 is 11.8 Å². The number of amides is 2. The van der Waals surface area contributed by atoms with E-state index >= 15 is 0 Å². The zero-order valence-electron chi connectivity index (χ0n) is 15.5. The first-order valence-electron chi connectivity index (χ1n) is 8.85. The fourth-order valence-electron chi connectivity index (χ4n) is 2.73. The molecule has 0 bridgehead atoms. The van der Waals surface area contributed by atoms with Gasteiger partial charge in [0.1, 0.15) is 11.4 Å². The van der Waals surface area contributed by atoms with Crippen LogP contribution in [-0.2, 0) is 6.42 Å². The lowest BCUT2D eigenvalue weighted by Crippen LogP contribution is -2.26. The number of hydrogen-bond acceptors (Lipinski definition) is 4. The first kappa shape index (κ1) is 19.1. The van der Waals surface area contributed by atoms with E-state index < -0.39 is 5.91 Å². The number of aromatic nitrogens is 1. The SMILES string of the molecule is COc1ccc(CCNC(=O)c2cccc(-c3ccc(C(N)=O)cc3)n2)cc1. The maximum atomic E-state index is 12.4. The number of pyridine rings is 1. The number of ether oxygens (including phenoxy) is 1. The second-order valence-corrected chi connectivity index (χ2v) is 6.20. The Balaban J connectivity index is 1.62. The molecule has 1 aromatic heterocycles. The van der Waals surface area contributed by atoms with Crippen molar-refractivity contribution in [2.24, 2.45) is 5.73 Å². The molecular formula is C22H21N3O3. The van der Waals surface area contributed by atoms with Crippen molar-refractivity contribution in [1.82, 2.24) is 10.3 Å². The Hall–Kier alpha value is -3.67. The molecule has 3 rings (SSSR count). The molecule has 1 heterocycles. The van der Waals surface area contributed by atoms with Gasteiger partial charge in [0.05, 0.1) is 12.8 Å². The number of methoxy groups -OCH3 is 1. The van der Waals surface area contributed by atoms with Gasteiger partial charge in [-0.15, -0.1) is 0 Å². The number of benzene rings is 2. The first-order chi connectivity index (χ1) is 13.6. The van der Waals surface area contributed by atoms with Gasteiger partial charge in [0.2, 0.25) is 5.91 Å². The van der Waals surface area contributed by atoms with Crippen molar-refractivity contribution in [3.05, 3.63) is 83.6 Å². The van der Waals surface area contributed by atoms with Gasteiger partial charge in [-0.2, -0.15) is 0 Å². The van der Waals surface area contributed by atoms with Crippen LogP contribution in [0.5, 0.6) is 5.75 Å². The van der Waals surface area contributed by atoms with Gasteiger partial charge in [-0.1, -0.05) is 30.3 Å². The summed E-state index contributed by atoms with van der Waals surface area (Å²) < 4.78 is 5.13. The van der Waals surface area contributed by atoms with E-state index in [-0.39, 0.29) is 5.91 Å². The Morgan fingerprint density at radius 1 is 1.00 bits per heavy atom. The number of primary amides is 1. The van der Waals surface area contributed by atoms with E-state index in [9.17, 15) is 9.59 Å². The lowest BCUT2D eigenvalue weighted by Gasteiger charge is -2.08. The van der Waals surface area contributed by atoms with E-state index in [1.165, 1.54) is 0 Å². The molecule has 0 aliphatic carbocycles. The number of nitrogens with zero attached hydrogens (tertiary/aromatic N) is 1. The van der Waals surface area contributed by atoms with Gasteiger partial charge in [-0.05, 0) is 48.4 Å². The molecule has 142 valence electrons. The fraction of sp³-hybridized carbons (Fsp3) is 0.136. The number of rotatable bonds is 7. The normalized spacial score (nSPS) is 10.3. The van der Waals surface area contributed by atoms with Crippen LogP contribution in [0, 0.1) is 0 Å². The Kier molecular flexibility index (Phi) is 6.01. The highest BCUT2D eigenvalue weighted by Gasteiger charge is 2.09. The van der Waals surface area contributed by atoms with Gasteiger partial charge in [-0.25, -0.2) is 4.98 Å². The molecule has 0 spiro atoms. The number of nitrogens with two attached hydrogens (primary N) is 1. The average molecular weight is 375 g/mol.